The minimum Gasteiger partial charge on any atom is -0.480 e. The highest BCUT2D eigenvalue weighted by molar-refractivity contribution is 6.11. The van der Waals surface area contributed by atoms with Crippen LogP contribution < -0.4 is 0 Å². The molecule has 17 heavy (non-hydrogen) atoms. The molecule has 1 amide bonds. The SMILES string of the molecule is C=C1c2ccccc2C(=O)N1C(C)(C)C(=O)O. The average Bonchev–Trinajstić information content (AvgIpc) is 2.52. The van der Waals surface area contributed by atoms with Crippen molar-refractivity contribution in [3.05, 3.63) is 42.0 Å². The summed E-state index contributed by atoms with van der Waals surface area (Å²) in [5.74, 6) is -1.36. The van der Waals surface area contributed by atoms with Crippen molar-refractivity contribution in [3.63, 3.8) is 0 Å². The predicted molar refractivity (Wildman–Crippen MR) is 63.4 cm³/mol. The first-order valence-electron chi connectivity index (χ1n) is 5.23. The summed E-state index contributed by atoms with van der Waals surface area (Å²) in [5, 5.41) is 9.18. The molecule has 0 unspecified atom stereocenters. The topological polar surface area (TPSA) is 57.6 Å². The molecule has 0 aliphatic carbocycles. The Hall–Kier alpha value is -2.10. The molecule has 1 aliphatic heterocycles. The second-order valence-electron chi connectivity index (χ2n) is 4.50. The molecule has 1 aromatic rings. The van der Waals surface area contributed by atoms with E-state index in [0.29, 0.717) is 16.8 Å². The molecular formula is C13H13NO3. The van der Waals surface area contributed by atoms with E-state index in [0.717, 1.165) is 0 Å². The Labute approximate surface area is 99.2 Å². The predicted octanol–water partition coefficient (Wildman–Crippen LogP) is 1.98. The summed E-state index contributed by atoms with van der Waals surface area (Å²) in [7, 11) is 0. The fraction of sp³-hybridized carbons (Fsp3) is 0.231. The molecule has 4 nitrogen and oxygen atoms in total. The molecule has 1 N–H and O–H groups in total. The van der Waals surface area contributed by atoms with Crippen molar-refractivity contribution in [2.24, 2.45) is 0 Å². The van der Waals surface area contributed by atoms with Crippen molar-refractivity contribution >= 4 is 17.6 Å². The summed E-state index contributed by atoms with van der Waals surface area (Å²) < 4.78 is 0. The molecule has 4 heteroatoms. The summed E-state index contributed by atoms with van der Waals surface area (Å²) in [5.41, 5.74) is 0.351. The Kier molecular flexibility index (Phi) is 2.31. The van der Waals surface area contributed by atoms with E-state index in [9.17, 15) is 14.7 Å². The largest absolute Gasteiger partial charge is 0.480 e. The maximum Gasteiger partial charge on any atom is 0.329 e. The van der Waals surface area contributed by atoms with Crippen LogP contribution in [0.2, 0.25) is 0 Å². The zero-order chi connectivity index (χ0) is 12.8. The summed E-state index contributed by atoms with van der Waals surface area (Å²) in [6.45, 7) is 6.80. The Morgan fingerprint density at radius 2 is 1.82 bits per heavy atom. The van der Waals surface area contributed by atoms with Gasteiger partial charge in [-0.15, -0.1) is 0 Å². The molecule has 88 valence electrons. The van der Waals surface area contributed by atoms with E-state index in [2.05, 4.69) is 6.58 Å². The van der Waals surface area contributed by atoms with Gasteiger partial charge in [0.1, 0.15) is 5.54 Å². The van der Waals surface area contributed by atoms with E-state index < -0.39 is 11.5 Å². The number of benzene rings is 1. The van der Waals surface area contributed by atoms with Crippen LogP contribution in [0, 0.1) is 0 Å². The lowest BCUT2D eigenvalue weighted by Gasteiger charge is -2.32. The number of carboxylic acid groups (broad SMARTS) is 1. The van der Waals surface area contributed by atoms with Gasteiger partial charge in [-0.25, -0.2) is 4.79 Å². The molecule has 2 rings (SSSR count). The van der Waals surface area contributed by atoms with Crippen LogP contribution in [0.1, 0.15) is 29.8 Å². The molecular weight excluding hydrogens is 218 g/mol. The van der Waals surface area contributed by atoms with E-state index in [-0.39, 0.29) is 5.91 Å². The minimum absolute atomic E-state index is 0.307. The quantitative estimate of drug-likeness (QED) is 0.846. The first-order valence-corrected chi connectivity index (χ1v) is 5.23. The van der Waals surface area contributed by atoms with Crippen molar-refractivity contribution < 1.29 is 14.7 Å². The lowest BCUT2D eigenvalue weighted by Crippen LogP contribution is -2.49. The van der Waals surface area contributed by atoms with Crippen molar-refractivity contribution in [2.45, 2.75) is 19.4 Å². The van der Waals surface area contributed by atoms with Crippen LogP contribution in [0.15, 0.2) is 30.8 Å². The zero-order valence-corrected chi connectivity index (χ0v) is 9.73. The second-order valence-corrected chi connectivity index (χ2v) is 4.50. The molecule has 0 atom stereocenters. The van der Waals surface area contributed by atoms with E-state index in [1.807, 2.05) is 0 Å². The van der Waals surface area contributed by atoms with Gasteiger partial charge in [-0.3, -0.25) is 9.69 Å². The number of hydrogen-bond donors (Lipinski definition) is 1. The smallest absolute Gasteiger partial charge is 0.329 e. The number of fused-ring (bicyclic) bond motifs is 1. The third kappa shape index (κ3) is 1.45. The number of carbonyl (C=O) groups is 2. The summed E-state index contributed by atoms with van der Waals surface area (Å²) in [6, 6.07) is 7.00. The fourth-order valence-corrected chi connectivity index (χ4v) is 1.97. The van der Waals surface area contributed by atoms with Crippen LogP contribution in [-0.2, 0) is 4.79 Å². The van der Waals surface area contributed by atoms with E-state index in [4.69, 9.17) is 0 Å². The highest BCUT2D eigenvalue weighted by Gasteiger charge is 2.44. The normalized spacial score (nSPS) is 15.1. The molecule has 0 spiro atoms. The van der Waals surface area contributed by atoms with Crippen LogP contribution in [-0.4, -0.2) is 27.4 Å². The Bertz CT molecular complexity index is 496. The van der Waals surface area contributed by atoms with Crippen molar-refractivity contribution in [1.82, 2.24) is 4.90 Å². The van der Waals surface area contributed by atoms with E-state index >= 15 is 0 Å². The number of rotatable bonds is 2. The van der Waals surface area contributed by atoms with Gasteiger partial charge in [-0.1, -0.05) is 24.8 Å². The molecule has 0 radical (unpaired) electrons. The molecule has 0 aromatic heterocycles. The highest BCUT2D eigenvalue weighted by atomic mass is 16.4. The molecule has 0 fully saturated rings. The van der Waals surface area contributed by atoms with Crippen molar-refractivity contribution in [2.75, 3.05) is 0 Å². The number of nitrogens with zero attached hydrogens (tertiary/aromatic N) is 1. The maximum atomic E-state index is 12.2. The first-order chi connectivity index (χ1) is 7.87. The van der Waals surface area contributed by atoms with Gasteiger partial charge in [0.2, 0.25) is 0 Å². The number of aliphatic carboxylic acids is 1. The summed E-state index contributed by atoms with van der Waals surface area (Å²) >= 11 is 0. The van der Waals surface area contributed by atoms with Crippen LogP contribution >= 0.6 is 0 Å². The van der Waals surface area contributed by atoms with Crippen LogP contribution in [0.4, 0.5) is 0 Å². The molecule has 1 heterocycles. The average molecular weight is 231 g/mol. The van der Waals surface area contributed by atoms with Crippen molar-refractivity contribution in [3.8, 4) is 0 Å². The number of hydrogen-bond acceptors (Lipinski definition) is 2. The lowest BCUT2D eigenvalue weighted by atomic mass is 10.0. The third-order valence-corrected chi connectivity index (χ3v) is 3.02. The van der Waals surface area contributed by atoms with Crippen LogP contribution in [0.25, 0.3) is 5.70 Å². The Morgan fingerprint density at radius 1 is 1.29 bits per heavy atom. The van der Waals surface area contributed by atoms with Gasteiger partial charge in [-0.2, -0.15) is 0 Å². The first kappa shape index (κ1) is 11.4. The van der Waals surface area contributed by atoms with Gasteiger partial charge in [0.25, 0.3) is 5.91 Å². The number of carboxylic acids is 1. The second kappa shape index (κ2) is 3.45. The van der Waals surface area contributed by atoms with Crippen LogP contribution in [0.3, 0.4) is 0 Å². The van der Waals surface area contributed by atoms with Gasteiger partial charge >= 0.3 is 5.97 Å². The van der Waals surface area contributed by atoms with Crippen molar-refractivity contribution in [1.29, 1.82) is 0 Å². The summed E-state index contributed by atoms with van der Waals surface area (Å²) in [4.78, 5) is 24.6. The van der Waals surface area contributed by atoms with E-state index in [1.165, 1.54) is 18.7 Å². The number of amides is 1. The highest BCUT2D eigenvalue weighted by Crippen LogP contribution is 2.36. The molecule has 0 saturated carbocycles. The third-order valence-electron chi connectivity index (χ3n) is 3.02. The van der Waals surface area contributed by atoms with Gasteiger partial charge in [0, 0.05) is 16.8 Å². The maximum absolute atomic E-state index is 12.2. The molecule has 0 saturated heterocycles. The fourth-order valence-electron chi connectivity index (χ4n) is 1.97. The molecule has 1 aliphatic rings. The Morgan fingerprint density at radius 3 is 2.29 bits per heavy atom. The Balaban J connectivity index is 2.54. The van der Waals surface area contributed by atoms with Gasteiger partial charge < -0.3 is 5.11 Å². The number of carbonyl (C=O) groups excluding carboxylic acids is 1. The zero-order valence-electron chi connectivity index (χ0n) is 9.73. The van der Waals surface area contributed by atoms with E-state index in [1.54, 1.807) is 24.3 Å². The monoisotopic (exact) mass is 231 g/mol. The standard InChI is InChI=1S/C13H13NO3/c1-8-9-6-4-5-7-10(9)11(15)14(8)13(2,3)12(16)17/h4-7H,1H2,2-3H3,(H,16,17). The summed E-state index contributed by atoms with van der Waals surface area (Å²) in [6.07, 6.45) is 0. The lowest BCUT2D eigenvalue weighted by molar-refractivity contribution is -0.146. The van der Waals surface area contributed by atoms with Crippen LogP contribution in [0.5, 0.6) is 0 Å². The van der Waals surface area contributed by atoms with Gasteiger partial charge in [0.15, 0.2) is 0 Å². The molecule has 1 aromatic carbocycles. The molecule has 0 bridgehead atoms. The van der Waals surface area contributed by atoms with Gasteiger partial charge in [-0.05, 0) is 19.9 Å². The minimum atomic E-state index is -1.30. The van der Waals surface area contributed by atoms with Gasteiger partial charge in [0.05, 0.1) is 0 Å².